The molecule has 2 aliphatic rings. The van der Waals surface area contributed by atoms with Crippen molar-refractivity contribution in [2.24, 2.45) is 5.92 Å². The summed E-state index contributed by atoms with van der Waals surface area (Å²) in [5.74, 6) is 1.48. The maximum atomic E-state index is 13.1. The first-order chi connectivity index (χ1) is 14.6. The van der Waals surface area contributed by atoms with Gasteiger partial charge in [0.25, 0.3) is 5.91 Å². The van der Waals surface area contributed by atoms with Gasteiger partial charge in [-0.3, -0.25) is 9.59 Å². The molecule has 2 fully saturated rings. The fourth-order valence-corrected chi connectivity index (χ4v) is 4.38. The smallest absolute Gasteiger partial charge is 0.257 e. The predicted molar refractivity (Wildman–Crippen MR) is 114 cm³/mol. The van der Waals surface area contributed by atoms with Gasteiger partial charge < -0.3 is 23.9 Å². The standard InChI is InChI=1S/C23H29N3O4/c1-17-21(9-15-30-17)23(28)26-10-3-4-18(16-26)22(27)25-13-11-24(12-14-25)19-5-7-20(29-2)8-6-19/h5-9,15,18H,3-4,10-14,16H2,1-2H3. The molecular weight excluding hydrogens is 382 g/mol. The first-order valence-electron chi connectivity index (χ1n) is 10.6. The zero-order chi connectivity index (χ0) is 21.1. The Morgan fingerprint density at radius 3 is 2.37 bits per heavy atom. The average molecular weight is 412 g/mol. The Hall–Kier alpha value is -2.96. The third-order valence-corrected chi connectivity index (χ3v) is 6.18. The summed E-state index contributed by atoms with van der Waals surface area (Å²) in [4.78, 5) is 32.0. The van der Waals surface area contributed by atoms with Gasteiger partial charge in [0, 0.05) is 45.0 Å². The van der Waals surface area contributed by atoms with E-state index >= 15 is 0 Å². The molecule has 2 aromatic rings. The first-order valence-corrected chi connectivity index (χ1v) is 10.6. The summed E-state index contributed by atoms with van der Waals surface area (Å²) in [6.07, 6.45) is 3.23. The van der Waals surface area contributed by atoms with E-state index in [0.717, 1.165) is 37.4 Å². The third kappa shape index (κ3) is 4.15. The lowest BCUT2D eigenvalue weighted by atomic mass is 9.95. The Labute approximate surface area is 177 Å². The predicted octanol–water partition coefficient (Wildman–Crippen LogP) is 2.80. The van der Waals surface area contributed by atoms with E-state index in [2.05, 4.69) is 17.0 Å². The maximum Gasteiger partial charge on any atom is 0.257 e. The van der Waals surface area contributed by atoms with Crippen LogP contribution in [0.3, 0.4) is 0 Å². The Balaban J connectivity index is 1.33. The van der Waals surface area contributed by atoms with Gasteiger partial charge in [-0.15, -0.1) is 0 Å². The van der Waals surface area contributed by atoms with Gasteiger partial charge in [-0.2, -0.15) is 0 Å². The van der Waals surface area contributed by atoms with Crippen LogP contribution >= 0.6 is 0 Å². The summed E-state index contributed by atoms with van der Waals surface area (Å²) in [7, 11) is 1.66. The van der Waals surface area contributed by atoms with Gasteiger partial charge in [0.05, 0.1) is 24.9 Å². The molecule has 7 heteroatoms. The van der Waals surface area contributed by atoms with Crippen molar-refractivity contribution < 1.29 is 18.7 Å². The van der Waals surface area contributed by atoms with Crippen molar-refractivity contribution in [2.75, 3.05) is 51.3 Å². The van der Waals surface area contributed by atoms with E-state index in [-0.39, 0.29) is 17.7 Å². The molecule has 0 spiro atoms. The van der Waals surface area contributed by atoms with Gasteiger partial charge >= 0.3 is 0 Å². The van der Waals surface area contributed by atoms with Crippen molar-refractivity contribution in [2.45, 2.75) is 19.8 Å². The van der Waals surface area contributed by atoms with Crippen LogP contribution < -0.4 is 9.64 Å². The number of aryl methyl sites for hydroxylation is 1. The molecule has 0 N–H and O–H groups in total. The molecule has 30 heavy (non-hydrogen) atoms. The van der Waals surface area contributed by atoms with Crippen molar-refractivity contribution in [3.63, 3.8) is 0 Å². The van der Waals surface area contributed by atoms with E-state index in [9.17, 15) is 9.59 Å². The lowest BCUT2D eigenvalue weighted by molar-refractivity contribution is -0.137. The molecule has 1 atom stereocenters. The zero-order valence-electron chi connectivity index (χ0n) is 17.7. The van der Waals surface area contributed by atoms with Crippen LogP contribution in [0.4, 0.5) is 5.69 Å². The van der Waals surface area contributed by atoms with Crippen molar-refractivity contribution >= 4 is 17.5 Å². The normalized spacial score (nSPS) is 19.7. The van der Waals surface area contributed by atoms with E-state index in [0.29, 0.717) is 37.5 Å². The summed E-state index contributed by atoms with van der Waals surface area (Å²) in [6, 6.07) is 9.74. The van der Waals surface area contributed by atoms with Crippen LogP contribution in [0.25, 0.3) is 0 Å². The molecule has 0 aliphatic carbocycles. The number of nitrogens with zero attached hydrogens (tertiary/aromatic N) is 3. The van der Waals surface area contributed by atoms with Crippen molar-refractivity contribution in [3.05, 3.63) is 47.9 Å². The monoisotopic (exact) mass is 411 g/mol. The number of piperidine rings is 1. The molecule has 7 nitrogen and oxygen atoms in total. The fourth-order valence-electron chi connectivity index (χ4n) is 4.38. The van der Waals surface area contributed by atoms with Crippen LogP contribution in [0.5, 0.6) is 5.75 Å². The highest BCUT2D eigenvalue weighted by atomic mass is 16.5. The second kappa shape index (κ2) is 8.81. The number of hydrogen-bond acceptors (Lipinski definition) is 5. The van der Waals surface area contributed by atoms with E-state index < -0.39 is 0 Å². The topological polar surface area (TPSA) is 66.2 Å². The lowest BCUT2D eigenvalue weighted by Crippen LogP contribution is -2.53. The minimum absolute atomic E-state index is 0.0388. The molecule has 2 saturated heterocycles. The highest BCUT2D eigenvalue weighted by Crippen LogP contribution is 2.24. The molecule has 1 aromatic carbocycles. The van der Waals surface area contributed by atoms with Gasteiger partial charge in [0.15, 0.2) is 0 Å². The number of rotatable bonds is 4. The maximum absolute atomic E-state index is 13.1. The van der Waals surface area contributed by atoms with Gasteiger partial charge in [-0.25, -0.2) is 0 Å². The number of methoxy groups -OCH3 is 1. The average Bonchev–Trinajstić information content (AvgIpc) is 3.24. The Morgan fingerprint density at radius 1 is 1.00 bits per heavy atom. The summed E-state index contributed by atoms with van der Waals surface area (Å²) >= 11 is 0. The zero-order valence-corrected chi connectivity index (χ0v) is 17.7. The highest BCUT2D eigenvalue weighted by molar-refractivity contribution is 5.95. The Morgan fingerprint density at radius 2 is 1.73 bits per heavy atom. The van der Waals surface area contributed by atoms with E-state index in [1.165, 1.54) is 6.26 Å². The molecule has 2 amide bonds. The Kier molecular flexibility index (Phi) is 5.97. The molecule has 0 radical (unpaired) electrons. The molecule has 1 unspecified atom stereocenters. The minimum atomic E-state index is -0.123. The van der Waals surface area contributed by atoms with Crippen LogP contribution in [0.1, 0.15) is 29.0 Å². The number of ether oxygens (including phenoxy) is 1. The molecule has 1 aromatic heterocycles. The van der Waals surface area contributed by atoms with Gasteiger partial charge in [0.2, 0.25) is 5.91 Å². The van der Waals surface area contributed by atoms with Gasteiger partial charge in [0.1, 0.15) is 11.5 Å². The van der Waals surface area contributed by atoms with Crippen molar-refractivity contribution in [3.8, 4) is 5.75 Å². The molecule has 3 heterocycles. The molecule has 4 rings (SSSR count). The summed E-state index contributed by atoms with van der Waals surface area (Å²) < 4.78 is 10.5. The van der Waals surface area contributed by atoms with Crippen LogP contribution in [0.15, 0.2) is 41.0 Å². The third-order valence-electron chi connectivity index (χ3n) is 6.18. The largest absolute Gasteiger partial charge is 0.497 e. The second-order valence-corrected chi connectivity index (χ2v) is 7.99. The van der Waals surface area contributed by atoms with E-state index in [4.69, 9.17) is 9.15 Å². The van der Waals surface area contributed by atoms with Crippen LogP contribution in [-0.4, -0.2) is 68.0 Å². The van der Waals surface area contributed by atoms with Gasteiger partial charge in [-0.1, -0.05) is 0 Å². The SMILES string of the molecule is COc1ccc(N2CCN(C(=O)C3CCCN(C(=O)c4ccoc4C)C3)CC2)cc1. The van der Waals surface area contributed by atoms with Crippen LogP contribution in [0, 0.1) is 12.8 Å². The van der Waals surface area contributed by atoms with Gasteiger partial charge in [-0.05, 0) is 50.1 Å². The number of likely N-dealkylation sites (tertiary alicyclic amines) is 1. The fraction of sp³-hybridized carbons (Fsp3) is 0.478. The van der Waals surface area contributed by atoms with Crippen molar-refractivity contribution in [1.82, 2.24) is 9.80 Å². The number of benzene rings is 1. The van der Waals surface area contributed by atoms with E-state index in [1.54, 1.807) is 25.0 Å². The molecule has 2 aliphatic heterocycles. The first kappa shape index (κ1) is 20.3. The number of hydrogen-bond donors (Lipinski definition) is 0. The van der Waals surface area contributed by atoms with Crippen molar-refractivity contribution in [1.29, 1.82) is 0 Å². The summed E-state index contributed by atoms with van der Waals surface area (Å²) in [6.45, 7) is 6.00. The molecular formula is C23H29N3O4. The van der Waals surface area contributed by atoms with E-state index in [1.807, 2.05) is 17.0 Å². The quantitative estimate of drug-likeness (QED) is 0.774. The number of carbonyl (C=O) groups excluding carboxylic acids is 2. The summed E-state index contributed by atoms with van der Waals surface area (Å²) in [5.41, 5.74) is 1.74. The van der Waals surface area contributed by atoms with Crippen LogP contribution in [0.2, 0.25) is 0 Å². The number of piperazine rings is 1. The Bertz CT molecular complexity index is 884. The highest BCUT2D eigenvalue weighted by Gasteiger charge is 2.33. The molecule has 160 valence electrons. The number of amides is 2. The summed E-state index contributed by atoms with van der Waals surface area (Å²) in [5, 5.41) is 0. The van der Waals surface area contributed by atoms with Crippen LogP contribution in [-0.2, 0) is 4.79 Å². The number of furan rings is 1. The molecule has 0 bridgehead atoms. The lowest BCUT2D eigenvalue weighted by Gasteiger charge is -2.39. The number of anilines is 1. The minimum Gasteiger partial charge on any atom is -0.497 e. The second-order valence-electron chi connectivity index (χ2n) is 7.99. The molecule has 0 saturated carbocycles. The number of carbonyl (C=O) groups is 2.